The van der Waals surface area contributed by atoms with E-state index in [2.05, 4.69) is 10.3 Å². The van der Waals surface area contributed by atoms with Crippen molar-refractivity contribution in [3.8, 4) is 0 Å². The predicted octanol–water partition coefficient (Wildman–Crippen LogP) is 3.84. The fraction of sp³-hybridized carbons (Fsp3) is 0.143. The average molecular weight is 310 g/mol. The van der Waals surface area contributed by atoms with Gasteiger partial charge in [0.25, 0.3) is 5.91 Å². The minimum Gasteiger partial charge on any atom is -0.399 e. The van der Waals surface area contributed by atoms with E-state index >= 15 is 0 Å². The Balaban J connectivity index is 2.30. The molecule has 0 unspecified atom stereocenters. The van der Waals surface area contributed by atoms with Crippen LogP contribution < -0.4 is 11.1 Å². The van der Waals surface area contributed by atoms with Crippen LogP contribution in [0.3, 0.4) is 0 Å². The molecule has 6 heteroatoms. The SMILES string of the molecule is Cc1cc(C(=O)Nc2c(C)cc(Cl)nc2Cl)ccc1N. The summed E-state index contributed by atoms with van der Waals surface area (Å²) in [5.74, 6) is -0.276. The highest BCUT2D eigenvalue weighted by molar-refractivity contribution is 6.35. The van der Waals surface area contributed by atoms with Gasteiger partial charge in [-0.25, -0.2) is 4.98 Å². The monoisotopic (exact) mass is 309 g/mol. The highest BCUT2D eigenvalue weighted by Gasteiger charge is 2.13. The van der Waals surface area contributed by atoms with Crippen LogP contribution in [0.4, 0.5) is 11.4 Å². The number of carbonyl (C=O) groups excluding carboxylic acids is 1. The van der Waals surface area contributed by atoms with Gasteiger partial charge in [0.1, 0.15) is 5.15 Å². The van der Waals surface area contributed by atoms with Crippen LogP contribution in [0.1, 0.15) is 21.5 Å². The summed E-state index contributed by atoms with van der Waals surface area (Å²) in [6.07, 6.45) is 0. The lowest BCUT2D eigenvalue weighted by Gasteiger charge is -2.11. The van der Waals surface area contributed by atoms with Crippen LogP contribution in [0, 0.1) is 13.8 Å². The molecular weight excluding hydrogens is 297 g/mol. The molecule has 0 aliphatic carbocycles. The zero-order chi connectivity index (χ0) is 14.9. The second-order valence-corrected chi connectivity index (χ2v) is 5.20. The van der Waals surface area contributed by atoms with Crippen molar-refractivity contribution < 1.29 is 4.79 Å². The number of benzene rings is 1. The number of amides is 1. The summed E-state index contributed by atoms with van der Waals surface area (Å²) in [6.45, 7) is 3.64. The molecule has 0 radical (unpaired) electrons. The summed E-state index contributed by atoms with van der Waals surface area (Å²) in [5, 5.41) is 3.18. The van der Waals surface area contributed by atoms with Crippen LogP contribution in [0.25, 0.3) is 0 Å². The first-order valence-corrected chi connectivity index (χ1v) is 6.64. The third-order valence-electron chi connectivity index (χ3n) is 2.91. The van der Waals surface area contributed by atoms with Gasteiger partial charge in [0.2, 0.25) is 0 Å². The minimum absolute atomic E-state index is 0.163. The topological polar surface area (TPSA) is 68.0 Å². The number of rotatable bonds is 2. The molecule has 0 saturated heterocycles. The number of hydrogen-bond donors (Lipinski definition) is 2. The molecule has 0 atom stereocenters. The molecule has 104 valence electrons. The number of nitrogens with zero attached hydrogens (tertiary/aromatic N) is 1. The summed E-state index contributed by atoms with van der Waals surface area (Å²) >= 11 is 11.8. The van der Waals surface area contributed by atoms with Gasteiger partial charge >= 0.3 is 0 Å². The Morgan fingerprint density at radius 1 is 1.20 bits per heavy atom. The van der Waals surface area contributed by atoms with Crippen molar-refractivity contribution in [2.24, 2.45) is 0 Å². The van der Waals surface area contributed by atoms with E-state index < -0.39 is 0 Å². The Hall–Kier alpha value is -1.78. The van der Waals surface area contributed by atoms with Gasteiger partial charge in [-0.1, -0.05) is 23.2 Å². The first kappa shape index (κ1) is 14.6. The second-order valence-electron chi connectivity index (χ2n) is 4.45. The second kappa shape index (κ2) is 5.69. The van der Waals surface area contributed by atoms with Crippen molar-refractivity contribution in [2.45, 2.75) is 13.8 Å². The van der Waals surface area contributed by atoms with Gasteiger partial charge in [0.05, 0.1) is 5.69 Å². The summed E-state index contributed by atoms with van der Waals surface area (Å²) < 4.78 is 0. The highest BCUT2D eigenvalue weighted by Crippen LogP contribution is 2.27. The van der Waals surface area contributed by atoms with Gasteiger partial charge in [0.15, 0.2) is 5.15 Å². The molecule has 0 aliphatic rings. The van der Waals surface area contributed by atoms with Crippen LogP contribution >= 0.6 is 23.2 Å². The Kier molecular flexibility index (Phi) is 4.16. The van der Waals surface area contributed by atoms with Gasteiger partial charge in [0, 0.05) is 11.3 Å². The fourth-order valence-electron chi connectivity index (χ4n) is 1.75. The van der Waals surface area contributed by atoms with E-state index in [0.29, 0.717) is 16.9 Å². The van der Waals surface area contributed by atoms with Crippen LogP contribution in [0.5, 0.6) is 0 Å². The van der Waals surface area contributed by atoms with Crippen molar-refractivity contribution in [3.05, 3.63) is 51.3 Å². The predicted molar refractivity (Wildman–Crippen MR) is 82.5 cm³/mol. The average Bonchev–Trinajstić information content (AvgIpc) is 2.36. The number of nitrogens with one attached hydrogen (secondary N) is 1. The molecule has 0 saturated carbocycles. The van der Waals surface area contributed by atoms with Crippen molar-refractivity contribution in [1.82, 2.24) is 4.98 Å². The molecule has 1 aromatic carbocycles. The van der Waals surface area contributed by atoms with Gasteiger partial charge < -0.3 is 11.1 Å². The summed E-state index contributed by atoms with van der Waals surface area (Å²) in [7, 11) is 0. The fourth-order valence-corrected chi connectivity index (χ4v) is 2.33. The van der Waals surface area contributed by atoms with Gasteiger partial charge in [-0.15, -0.1) is 0 Å². The number of halogens is 2. The maximum Gasteiger partial charge on any atom is 0.255 e. The molecule has 2 aromatic rings. The Morgan fingerprint density at radius 3 is 2.50 bits per heavy atom. The van der Waals surface area contributed by atoms with Crippen molar-refractivity contribution in [3.63, 3.8) is 0 Å². The van der Waals surface area contributed by atoms with Crippen LogP contribution in [-0.4, -0.2) is 10.9 Å². The van der Waals surface area contributed by atoms with Crippen LogP contribution in [0.15, 0.2) is 24.3 Å². The lowest BCUT2D eigenvalue weighted by molar-refractivity contribution is 0.102. The quantitative estimate of drug-likeness (QED) is 0.654. The highest BCUT2D eigenvalue weighted by atomic mass is 35.5. The molecular formula is C14H13Cl2N3O. The van der Waals surface area contributed by atoms with Crippen LogP contribution in [0.2, 0.25) is 10.3 Å². The summed E-state index contributed by atoms with van der Waals surface area (Å²) in [5.41, 5.74) is 8.92. The first-order chi connectivity index (χ1) is 9.38. The molecule has 0 fully saturated rings. The molecule has 2 rings (SSSR count). The van der Waals surface area contributed by atoms with Crippen molar-refractivity contribution >= 4 is 40.5 Å². The van der Waals surface area contributed by atoms with E-state index in [1.807, 2.05) is 6.92 Å². The molecule has 0 bridgehead atoms. The number of aryl methyl sites for hydroxylation is 2. The number of hydrogen-bond acceptors (Lipinski definition) is 3. The third-order valence-corrected chi connectivity index (χ3v) is 3.38. The molecule has 1 aromatic heterocycles. The molecule has 3 N–H and O–H groups in total. The number of carbonyl (C=O) groups is 1. The van der Waals surface area contributed by atoms with E-state index in [-0.39, 0.29) is 16.2 Å². The van der Waals surface area contributed by atoms with E-state index in [0.717, 1.165) is 11.1 Å². The maximum atomic E-state index is 12.2. The number of nitrogen functional groups attached to an aromatic ring is 1. The third kappa shape index (κ3) is 3.03. The van der Waals surface area contributed by atoms with E-state index in [1.165, 1.54) is 0 Å². The normalized spacial score (nSPS) is 10.4. The van der Waals surface area contributed by atoms with E-state index in [4.69, 9.17) is 28.9 Å². The zero-order valence-electron chi connectivity index (χ0n) is 11.0. The standard InChI is InChI=1S/C14H13Cl2N3O/c1-7-5-9(3-4-10(7)17)14(20)19-12-8(2)6-11(15)18-13(12)16/h3-6H,17H2,1-2H3,(H,19,20). The number of nitrogens with two attached hydrogens (primary N) is 1. The Morgan fingerprint density at radius 2 is 1.90 bits per heavy atom. The molecule has 1 heterocycles. The van der Waals surface area contributed by atoms with Crippen molar-refractivity contribution in [2.75, 3.05) is 11.1 Å². The zero-order valence-corrected chi connectivity index (χ0v) is 12.5. The lowest BCUT2D eigenvalue weighted by atomic mass is 10.1. The van der Waals surface area contributed by atoms with Gasteiger partial charge in [-0.05, 0) is 49.2 Å². The molecule has 4 nitrogen and oxygen atoms in total. The number of pyridine rings is 1. The Bertz CT molecular complexity index is 663. The summed E-state index contributed by atoms with van der Waals surface area (Å²) in [6, 6.07) is 6.71. The first-order valence-electron chi connectivity index (χ1n) is 5.88. The smallest absolute Gasteiger partial charge is 0.255 e. The van der Waals surface area contributed by atoms with Crippen molar-refractivity contribution in [1.29, 1.82) is 0 Å². The molecule has 0 aliphatic heterocycles. The summed E-state index contributed by atoms with van der Waals surface area (Å²) in [4.78, 5) is 16.1. The molecule has 20 heavy (non-hydrogen) atoms. The maximum absolute atomic E-state index is 12.2. The lowest BCUT2D eigenvalue weighted by Crippen LogP contribution is -2.14. The Labute approximate surface area is 126 Å². The molecule has 0 spiro atoms. The van der Waals surface area contributed by atoms with Crippen LogP contribution in [-0.2, 0) is 0 Å². The number of aromatic nitrogens is 1. The molecule has 1 amide bonds. The number of anilines is 2. The van der Waals surface area contributed by atoms with E-state index in [9.17, 15) is 4.79 Å². The largest absolute Gasteiger partial charge is 0.399 e. The minimum atomic E-state index is -0.276. The van der Waals surface area contributed by atoms with E-state index in [1.54, 1.807) is 31.2 Å². The van der Waals surface area contributed by atoms with Gasteiger partial charge in [-0.2, -0.15) is 0 Å². The van der Waals surface area contributed by atoms with Gasteiger partial charge in [-0.3, -0.25) is 4.79 Å².